The van der Waals surface area contributed by atoms with Crippen LogP contribution in [0.5, 0.6) is 28.7 Å². The normalized spacial score (nSPS) is 13.0. The SMILES string of the molecule is COc1ccc(N=Nc2c(S(=O)(=O)O)cc3c(S(=O)(=O)O)c(N=Nc4c(S(=O)(=O)O)cc5ccc(N=Nc6ccc7c(O)c(N=Nc8ccc(OC)cc8S(=O)(=O)O)c(SOOO)cc7c6S(=O)(=O)O)c(O)c5c4N)ccc3c2O)c(SOOO)c1. The number of rotatable bonds is 21. The van der Waals surface area contributed by atoms with Crippen LogP contribution in [-0.2, 0) is 69.3 Å². The van der Waals surface area contributed by atoms with Gasteiger partial charge in [0.25, 0.3) is 50.6 Å². The third-order valence-electron chi connectivity index (χ3n) is 11.6. The predicted octanol–water partition coefficient (Wildman–Crippen LogP) is 10.6. The minimum absolute atomic E-state index is 0.0117. The van der Waals surface area contributed by atoms with Crippen LogP contribution >= 0.6 is 24.1 Å². The number of anilines is 1. The van der Waals surface area contributed by atoms with Gasteiger partial charge in [0.2, 0.25) is 0 Å². The zero-order chi connectivity index (χ0) is 63.0. The van der Waals surface area contributed by atoms with Gasteiger partial charge in [0, 0.05) is 27.6 Å². The molecular weight excluding hydrogens is 1290 g/mol. The van der Waals surface area contributed by atoms with E-state index < -0.39 is 170 Å². The Kier molecular flexibility index (Phi) is 18.3. The highest BCUT2D eigenvalue weighted by molar-refractivity contribution is 7.95. The van der Waals surface area contributed by atoms with Crippen LogP contribution in [0.15, 0.2) is 166 Å². The smallest absolute Gasteiger partial charge is 0.297 e. The molecule has 452 valence electrons. The van der Waals surface area contributed by atoms with Crippen molar-refractivity contribution in [3.8, 4) is 28.7 Å². The Morgan fingerprint density at radius 1 is 0.407 bits per heavy atom. The summed E-state index contributed by atoms with van der Waals surface area (Å²) in [7, 11) is -24.5. The number of phenols is 3. The highest BCUT2D eigenvalue weighted by Crippen LogP contribution is 2.51. The summed E-state index contributed by atoms with van der Waals surface area (Å²) in [6.45, 7) is 0. The molecule has 0 aliphatic heterocycles. The number of nitrogen functional groups attached to an aromatic ring is 1. The molecule has 0 radical (unpaired) electrons. The minimum atomic E-state index is -5.65. The Labute approximate surface area is 489 Å². The van der Waals surface area contributed by atoms with Crippen molar-refractivity contribution in [1.29, 1.82) is 0 Å². The van der Waals surface area contributed by atoms with Gasteiger partial charge in [-0.1, -0.05) is 16.1 Å². The number of methoxy groups -OCH3 is 2. The maximum absolute atomic E-state index is 13.1. The van der Waals surface area contributed by atoms with Crippen molar-refractivity contribution in [3.05, 3.63) is 91.0 Å². The number of nitrogens with two attached hydrogens (primary N) is 1. The predicted molar refractivity (Wildman–Crippen MR) is 294 cm³/mol. The molecule has 0 spiro atoms. The molecule has 0 aliphatic carbocycles. The van der Waals surface area contributed by atoms with Gasteiger partial charge in [0.05, 0.1) is 59.2 Å². The summed E-state index contributed by atoms with van der Waals surface area (Å²) in [5.41, 5.74) is -0.111. The molecule has 8 aromatic rings. The molecule has 42 heteroatoms. The third kappa shape index (κ3) is 13.2. The quantitative estimate of drug-likeness (QED) is 0.00795. The molecule has 0 aliphatic rings. The highest BCUT2D eigenvalue weighted by atomic mass is 32.2. The van der Waals surface area contributed by atoms with Gasteiger partial charge in [-0.25, -0.2) is 10.5 Å². The fraction of sp³-hybridized carbons (Fsp3) is 0.0455. The molecule has 12 N–H and O–H groups in total. The van der Waals surface area contributed by atoms with Gasteiger partial charge in [-0.2, -0.15) is 42.1 Å². The van der Waals surface area contributed by atoms with E-state index in [1.807, 2.05) is 0 Å². The second-order valence-electron chi connectivity index (χ2n) is 16.6. The van der Waals surface area contributed by atoms with Crippen molar-refractivity contribution in [3.63, 3.8) is 0 Å². The van der Waals surface area contributed by atoms with Crippen molar-refractivity contribution in [2.45, 2.75) is 34.3 Å². The van der Waals surface area contributed by atoms with Crippen LogP contribution in [0.25, 0.3) is 32.3 Å². The summed E-state index contributed by atoms with van der Waals surface area (Å²) in [6, 6.07) is 14.7. The second kappa shape index (κ2) is 24.6. The molecule has 0 saturated heterocycles. The van der Waals surface area contributed by atoms with E-state index in [9.17, 15) is 80.2 Å². The molecule has 8 aromatic carbocycles. The number of azo groups is 4. The lowest BCUT2D eigenvalue weighted by molar-refractivity contribution is -0.432. The molecule has 0 heterocycles. The standard InChI is InChI=1S/C44H33N9O26S7/c1-74-19-4-9-25(30(14-19)80-78-76-57)46-53-39-34(84(65,66)67)17-24-22(41(39)55)7-12-29(44(24)86(71,72)73)50-52-38-33(83(62,63)64)13-18-3-8-27(42(56)35(18)36(38)45)48-49-28-11-6-21-23(43(28)85(68,69)70)16-31(81-79-77-58)37(40(21)54)51-47-26-10-5-20(75-2)15-32(26)82(59,60)61/h3-17,54-58H,45H2,1-2H3,(H,59,60,61)(H,62,63,64)(H,65,66,67)(H,68,69,70)(H,71,72,73). The van der Waals surface area contributed by atoms with Crippen LogP contribution in [0.3, 0.4) is 0 Å². The number of hydrogen-bond acceptors (Lipinski definition) is 32. The summed E-state index contributed by atoms with van der Waals surface area (Å²) in [6.07, 6.45) is 0. The first-order chi connectivity index (χ1) is 40.3. The van der Waals surface area contributed by atoms with Crippen LogP contribution < -0.4 is 15.2 Å². The Hall–Kier alpha value is -8.25. The average Bonchev–Trinajstić information content (AvgIpc) is 0.809. The molecule has 0 bridgehead atoms. The number of hydrogen-bond donors (Lipinski definition) is 11. The molecule has 0 amide bonds. The number of benzene rings is 8. The van der Waals surface area contributed by atoms with Crippen LogP contribution in [0.4, 0.5) is 51.2 Å². The Morgan fingerprint density at radius 3 is 1.38 bits per heavy atom. The van der Waals surface area contributed by atoms with Gasteiger partial charge >= 0.3 is 0 Å². The van der Waals surface area contributed by atoms with Crippen LogP contribution in [0.1, 0.15) is 0 Å². The third-order valence-corrected chi connectivity index (χ3v) is 17.4. The van der Waals surface area contributed by atoms with Crippen molar-refractivity contribution >= 4 is 158 Å². The van der Waals surface area contributed by atoms with E-state index in [2.05, 4.69) is 59.7 Å². The topological polar surface area (TPSA) is 553 Å². The second-order valence-corrected chi connectivity index (χ2v) is 25.0. The molecule has 35 nitrogen and oxygen atoms in total. The molecule has 0 fully saturated rings. The van der Waals surface area contributed by atoms with Crippen LogP contribution in [-0.4, -0.2) is 105 Å². The molecule has 0 saturated carbocycles. The summed E-state index contributed by atoms with van der Waals surface area (Å²) in [4.78, 5) is -6.15. The summed E-state index contributed by atoms with van der Waals surface area (Å²) in [5, 5.41) is 86.3. The lowest BCUT2D eigenvalue weighted by atomic mass is 10.1. The maximum atomic E-state index is 13.1. The Bertz CT molecular complexity index is 4860. The first-order valence-corrected chi connectivity index (χ1v) is 30.9. The van der Waals surface area contributed by atoms with Crippen molar-refractivity contribution in [1.82, 2.24) is 0 Å². The number of aromatic hydroxyl groups is 3. The van der Waals surface area contributed by atoms with E-state index in [1.165, 1.54) is 38.5 Å². The summed E-state index contributed by atoms with van der Waals surface area (Å²) in [5.74, 6) is -2.90. The van der Waals surface area contributed by atoms with Gasteiger partial charge in [-0.15, -0.1) is 49.6 Å². The Balaban J connectivity index is 1.24. The first-order valence-electron chi connectivity index (χ1n) is 22.3. The fourth-order valence-corrected chi connectivity index (χ4v) is 12.5. The number of ether oxygens (including phenoxy) is 2. The monoisotopic (exact) mass is 1330 g/mol. The van der Waals surface area contributed by atoms with E-state index >= 15 is 0 Å². The molecule has 0 aromatic heterocycles. The largest absolute Gasteiger partial charge is 0.505 e. The maximum Gasteiger partial charge on any atom is 0.297 e. The molecule has 86 heavy (non-hydrogen) atoms. The van der Waals surface area contributed by atoms with E-state index in [-0.39, 0.29) is 39.5 Å². The van der Waals surface area contributed by atoms with Crippen LogP contribution in [0, 0.1) is 0 Å². The molecule has 8 rings (SSSR count). The number of fused-ring (bicyclic) bond motifs is 3. The molecule has 0 atom stereocenters. The lowest BCUT2D eigenvalue weighted by Gasteiger charge is -2.14. The van der Waals surface area contributed by atoms with Gasteiger partial charge in [0.15, 0.2) is 17.2 Å². The number of phenolic OH excluding ortho intramolecular Hbond substituents is 3. The summed E-state index contributed by atoms with van der Waals surface area (Å²) >= 11 is 0.432. The Morgan fingerprint density at radius 2 is 0.837 bits per heavy atom. The van der Waals surface area contributed by atoms with Gasteiger partial charge in [-0.3, -0.25) is 22.8 Å². The lowest BCUT2D eigenvalue weighted by Crippen LogP contribution is -2.03. The van der Waals surface area contributed by atoms with Crippen molar-refractivity contribution in [2.75, 3.05) is 20.0 Å². The van der Waals surface area contributed by atoms with E-state index in [4.69, 9.17) is 25.7 Å². The first kappa shape index (κ1) is 63.8. The average molecular weight is 1330 g/mol. The van der Waals surface area contributed by atoms with E-state index in [1.54, 1.807) is 0 Å². The van der Waals surface area contributed by atoms with Gasteiger partial charge in [0.1, 0.15) is 81.5 Å². The van der Waals surface area contributed by atoms with Gasteiger partial charge < -0.3 is 30.5 Å². The molecular formula is C44H33N9O26S7. The van der Waals surface area contributed by atoms with Crippen LogP contribution in [0.2, 0.25) is 0 Å². The van der Waals surface area contributed by atoms with E-state index in [0.717, 1.165) is 54.6 Å². The van der Waals surface area contributed by atoms with Gasteiger partial charge in [-0.05, 0) is 84.2 Å². The fourth-order valence-electron chi connectivity index (χ4n) is 7.96. The number of nitrogens with zero attached hydrogens (tertiary/aromatic N) is 8. The molecule has 0 unspecified atom stereocenters. The zero-order valence-electron chi connectivity index (χ0n) is 42.2. The highest BCUT2D eigenvalue weighted by Gasteiger charge is 2.31. The van der Waals surface area contributed by atoms with Crippen molar-refractivity contribution in [2.24, 2.45) is 40.9 Å². The minimum Gasteiger partial charge on any atom is -0.505 e. The zero-order valence-corrected chi connectivity index (χ0v) is 47.9. The summed E-state index contributed by atoms with van der Waals surface area (Å²) < 4.78 is 199. The van der Waals surface area contributed by atoms with E-state index in [0.29, 0.717) is 24.2 Å². The van der Waals surface area contributed by atoms with Crippen molar-refractivity contribution < 1.29 is 119 Å².